The normalized spacial score (nSPS) is 15.2. The maximum absolute atomic E-state index is 13.1. The molecule has 0 aliphatic heterocycles. The molecule has 3 nitrogen and oxygen atoms in total. The van der Waals surface area contributed by atoms with Crippen LogP contribution in [0.25, 0.3) is 0 Å². The second-order valence-electron chi connectivity index (χ2n) is 2.38. The third-order valence-electron chi connectivity index (χ3n) is 1.51. The summed E-state index contributed by atoms with van der Waals surface area (Å²) >= 11 is 0. The van der Waals surface area contributed by atoms with E-state index in [1.165, 1.54) is 24.3 Å². The molecule has 0 aliphatic rings. The summed E-state index contributed by atoms with van der Waals surface area (Å²) in [6.45, 7) is 0. The molecule has 0 bridgehead atoms. The molecule has 1 unspecified atom stereocenters. The van der Waals surface area contributed by atoms with Crippen LogP contribution < -0.4 is 5.73 Å². The summed E-state index contributed by atoms with van der Waals surface area (Å²) in [7, 11) is 0. The number of benzene rings is 1. The average Bonchev–Trinajstić information content (AvgIpc) is 2.06. The molecule has 1 atom stereocenters. The van der Waals surface area contributed by atoms with Gasteiger partial charge in [0.2, 0.25) is 0 Å². The van der Waals surface area contributed by atoms with Gasteiger partial charge in [0.15, 0.2) is 0 Å². The molecule has 0 saturated carbocycles. The first kappa shape index (κ1) is 8.67. The summed E-state index contributed by atoms with van der Waals surface area (Å²) in [4.78, 5) is 10.3. The first-order valence-corrected chi connectivity index (χ1v) is 3.32. The van der Waals surface area contributed by atoms with Gasteiger partial charge in [-0.05, 0) is 0 Å². The lowest BCUT2D eigenvalue weighted by Gasteiger charge is -2.14. The lowest BCUT2D eigenvalue weighted by atomic mass is 10.1. The number of carboxylic acid groups (broad SMARTS) is 1. The fourth-order valence-corrected chi connectivity index (χ4v) is 0.804. The molecule has 0 amide bonds. The van der Waals surface area contributed by atoms with E-state index in [9.17, 15) is 9.18 Å². The predicted octanol–water partition coefficient (Wildman–Crippen LogP) is 0.852. The van der Waals surface area contributed by atoms with Crippen LogP contribution in [0, 0.1) is 0 Å². The van der Waals surface area contributed by atoms with Crippen LogP contribution >= 0.6 is 0 Å². The van der Waals surface area contributed by atoms with E-state index in [4.69, 9.17) is 10.8 Å². The van der Waals surface area contributed by atoms with Crippen molar-refractivity contribution in [2.45, 2.75) is 5.79 Å². The SMILES string of the molecule is NC(F)(C(=O)O)c1ccccc1. The highest BCUT2D eigenvalue weighted by atomic mass is 19.1. The minimum atomic E-state index is -2.79. The van der Waals surface area contributed by atoms with E-state index in [1.54, 1.807) is 6.07 Å². The molecule has 0 aromatic heterocycles. The Kier molecular flexibility index (Phi) is 2.10. The van der Waals surface area contributed by atoms with E-state index < -0.39 is 11.8 Å². The number of alkyl halides is 1. The Labute approximate surface area is 68.6 Å². The van der Waals surface area contributed by atoms with Crippen molar-refractivity contribution in [1.82, 2.24) is 0 Å². The van der Waals surface area contributed by atoms with E-state index in [-0.39, 0.29) is 5.56 Å². The lowest BCUT2D eigenvalue weighted by molar-refractivity contribution is -0.151. The molecule has 12 heavy (non-hydrogen) atoms. The summed E-state index contributed by atoms with van der Waals surface area (Å²) in [5.74, 6) is -4.48. The van der Waals surface area contributed by atoms with Crippen LogP contribution in [-0.2, 0) is 10.6 Å². The average molecular weight is 169 g/mol. The molecular formula is C8H8FNO2. The molecule has 0 fully saturated rings. The van der Waals surface area contributed by atoms with Crippen LogP contribution in [0.1, 0.15) is 5.56 Å². The first-order valence-electron chi connectivity index (χ1n) is 3.32. The van der Waals surface area contributed by atoms with Gasteiger partial charge >= 0.3 is 5.97 Å². The summed E-state index contributed by atoms with van der Waals surface area (Å²) < 4.78 is 13.1. The summed E-state index contributed by atoms with van der Waals surface area (Å²) in [6.07, 6.45) is 0. The molecule has 64 valence electrons. The standard InChI is InChI=1S/C8H8FNO2/c9-8(10,7(11)12)6-4-2-1-3-5-6/h1-5H,10H2,(H,11,12). The Morgan fingerprint density at radius 3 is 2.33 bits per heavy atom. The molecule has 0 aliphatic carbocycles. The number of rotatable bonds is 2. The summed E-state index contributed by atoms with van der Waals surface area (Å²) in [5.41, 5.74) is 4.86. The van der Waals surface area contributed by atoms with Crippen molar-refractivity contribution in [3.8, 4) is 0 Å². The molecular weight excluding hydrogens is 161 g/mol. The second kappa shape index (κ2) is 2.91. The van der Waals surface area contributed by atoms with E-state index in [0.29, 0.717) is 0 Å². The quantitative estimate of drug-likeness (QED) is 0.645. The van der Waals surface area contributed by atoms with Gasteiger partial charge in [0.1, 0.15) is 0 Å². The van der Waals surface area contributed by atoms with Crippen molar-refractivity contribution in [2.24, 2.45) is 5.73 Å². The minimum Gasteiger partial charge on any atom is -0.478 e. The maximum atomic E-state index is 13.1. The Morgan fingerprint density at radius 2 is 1.92 bits per heavy atom. The third kappa shape index (κ3) is 1.43. The number of carboxylic acids is 1. The molecule has 1 aromatic rings. The van der Waals surface area contributed by atoms with Gasteiger partial charge in [0, 0.05) is 5.56 Å². The van der Waals surface area contributed by atoms with Crippen molar-refractivity contribution in [3.63, 3.8) is 0 Å². The number of nitrogens with two attached hydrogens (primary N) is 1. The van der Waals surface area contributed by atoms with Gasteiger partial charge < -0.3 is 5.11 Å². The van der Waals surface area contributed by atoms with Crippen LogP contribution in [-0.4, -0.2) is 11.1 Å². The topological polar surface area (TPSA) is 63.3 Å². The van der Waals surface area contributed by atoms with E-state index >= 15 is 0 Å². The zero-order valence-corrected chi connectivity index (χ0v) is 6.20. The Morgan fingerprint density at radius 1 is 1.42 bits per heavy atom. The Hall–Kier alpha value is -1.42. The molecule has 0 spiro atoms. The van der Waals surface area contributed by atoms with Gasteiger partial charge in [-0.1, -0.05) is 30.3 Å². The van der Waals surface area contributed by atoms with Gasteiger partial charge in [0.25, 0.3) is 5.79 Å². The van der Waals surface area contributed by atoms with E-state index in [0.717, 1.165) is 0 Å². The highest BCUT2D eigenvalue weighted by Crippen LogP contribution is 2.19. The van der Waals surface area contributed by atoms with Crippen molar-refractivity contribution in [3.05, 3.63) is 35.9 Å². The molecule has 4 heteroatoms. The fourth-order valence-electron chi connectivity index (χ4n) is 0.804. The van der Waals surface area contributed by atoms with Crippen LogP contribution in [0.2, 0.25) is 0 Å². The van der Waals surface area contributed by atoms with Crippen molar-refractivity contribution < 1.29 is 14.3 Å². The van der Waals surface area contributed by atoms with Gasteiger partial charge in [-0.15, -0.1) is 0 Å². The predicted molar refractivity (Wildman–Crippen MR) is 41.1 cm³/mol. The molecule has 1 rings (SSSR count). The molecule has 0 saturated heterocycles. The van der Waals surface area contributed by atoms with Crippen LogP contribution in [0.15, 0.2) is 30.3 Å². The third-order valence-corrected chi connectivity index (χ3v) is 1.51. The number of carbonyl (C=O) groups is 1. The van der Waals surface area contributed by atoms with Crippen molar-refractivity contribution >= 4 is 5.97 Å². The Bertz CT molecular complexity index is 284. The Balaban J connectivity index is 3.06. The zero-order chi connectivity index (χ0) is 9.19. The van der Waals surface area contributed by atoms with Crippen LogP contribution in [0.4, 0.5) is 4.39 Å². The largest absolute Gasteiger partial charge is 0.478 e. The minimum absolute atomic E-state index is 0.0579. The van der Waals surface area contributed by atoms with Crippen molar-refractivity contribution in [2.75, 3.05) is 0 Å². The molecule has 0 radical (unpaired) electrons. The summed E-state index contributed by atoms with van der Waals surface area (Å²) in [5, 5.41) is 8.39. The highest BCUT2D eigenvalue weighted by molar-refractivity contribution is 5.78. The number of halogens is 1. The van der Waals surface area contributed by atoms with Crippen LogP contribution in [0.5, 0.6) is 0 Å². The zero-order valence-electron chi connectivity index (χ0n) is 6.20. The number of hydrogen-bond acceptors (Lipinski definition) is 2. The smallest absolute Gasteiger partial charge is 0.361 e. The second-order valence-corrected chi connectivity index (χ2v) is 2.38. The van der Waals surface area contributed by atoms with Crippen molar-refractivity contribution in [1.29, 1.82) is 0 Å². The van der Waals surface area contributed by atoms with E-state index in [1.807, 2.05) is 0 Å². The maximum Gasteiger partial charge on any atom is 0.361 e. The van der Waals surface area contributed by atoms with Gasteiger partial charge in [0.05, 0.1) is 0 Å². The van der Waals surface area contributed by atoms with Gasteiger partial charge in [-0.25, -0.2) is 9.18 Å². The number of aliphatic carboxylic acids is 1. The lowest BCUT2D eigenvalue weighted by Crippen LogP contribution is -2.40. The van der Waals surface area contributed by atoms with E-state index in [2.05, 4.69) is 0 Å². The van der Waals surface area contributed by atoms with Gasteiger partial charge in [-0.2, -0.15) is 0 Å². The van der Waals surface area contributed by atoms with Crippen LogP contribution in [0.3, 0.4) is 0 Å². The fraction of sp³-hybridized carbons (Fsp3) is 0.125. The first-order chi connectivity index (χ1) is 5.55. The molecule has 0 heterocycles. The summed E-state index contributed by atoms with van der Waals surface area (Å²) in [6, 6.07) is 7.36. The highest BCUT2D eigenvalue weighted by Gasteiger charge is 2.35. The van der Waals surface area contributed by atoms with Gasteiger partial charge in [-0.3, -0.25) is 5.73 Å². The monoisotopic (exact) mass is 169 g/mol. The number of hydrogen-bond donors (Lipinski definition) is 2. The molecule has 3 N–H and O–H groups in total. The molecule has 1 aromatic carbocycles.